The van der Waals surface area contributed by atoms with Crippen molar-refractivity contribution in [2.75, 3.05) is 42.3 Å². The molecule has 0 aromatic heterocycles. The predicted octanol–water partition coefficient (Wildman–Crippen LogP) is 14.4. The third-order valence-electron chi connectivity index (χ3n) is 14.5. The molecule has 21 heterocycles. The van der Waals surface area contributed by atoms with Gasteiger partial charge >= 0.3 is 13.4 Å². The number of hydrogen-bond acceptors (Lipinski definition) is 17. The van der Waals surface area contributed by atoms with Gasteiger partial charge in [-0.25, -0.2) is 28.7 Å². The summed E-state index contributed by atoms with van der Waals surface area (Å²) in [7, 11) is 11.1. The second-order valence-electron chi connectivity index (χ2n) is 20.9. The summed E-state index contributed by atoms with van der Waals surface area (Å²) in [6, 6.07) is 73.2. The molecule has 0 spiro atoms. The standard InChI is InChI=1S/C66H63N12O6P5S5/c1-73-67-46-52-22-34-58(35-23-52)79-88(93)81-60-38-26-54(27-39-60)48-69-75(3)86(91,65-18-12-8-13-19-65)77(5)71-50-56-30-42-62(43-31-56)83-89(94,80-59-36-24-53(25-37-59)47-68-74(2)85(73,90)64-16-10-7-11-17-64)84-63-44-32-57(33-45-63)51-72-78(6)87(92,66-20-14-9-15-21-66)76(4)70-49-55-28-40-61(82-88)41-29-55/h7-51H,1-6H3/b67-46-,68-47-,69-48?,70-49?,71-50?,72-51?. The van der Waals surface area contributed by atoms with Gasteiger partial charge in [0.1, 0.15) is 34.5 Å². The van der Waals surface area contributed by atoms with Crippen molar-refractivity contribution in [1.82, 2.24) is 28.7 Å². The lowest BCUT2D eigenvalue weighted by molar-refractivity contribution is 0.383. The van der Waals surface area contributed by atoms with Crippen molar-refractivity contribution in [3.05, 3.63) is 270 Å². The second-order valence-corrected chi connectivity index (χ2v) is 39.3. The zero-order chi connectivity index (χ0) is 65.9. The van der Waals surface area contributed by atoms with E-state index in [2.05, 4.69) is 0 Å². The average molecular weight is 1440 g/mol. The Hall–Kier alpha value is -8.15. The summed E-state index contributed by atoms with van der Waals surface area (Å²) in [6.45, 7) is -7.44. The zero-order valence-corrected chi connectivity index (χ0v) is 60.1. The molecule has 478 valence electrons. The van der Waals surface area contributed by atoms with Gasteiger partial charge in [-0.3, -0.25) is 0 Å². The molecule has 0 fully saturated rings. The molecule has 0 aliphatic carbocycles. The quantitative estimate of drug-likeness (QED) is 0.154. The van der Waals surface area contributed by atoms with Crippen LogP contribution >= 0.6 is 32.5 Å². The zero-order valence-electron chi connectivity index (χ0n) is 51.6. The molecule has 0 saturated heterocycles. The highest BCUT2D eigenvalue weighted by atomic mass is 32.5. The molecule has 28 heteroatoms. The second kappa shape index (κ2) is 29.6. The first kappa shape index (κ1) is 67.3. The Balaban J connectivity index is 1.03. The van der Waals surface area contributed by atoms with Gasteiger partial charge in [0.25, 0.3) is 0 Å². The van der Waals surface area contributed by atoms with Gasteiger partial charge in [0, 0.05) is 81.8 Å². The normalized spacial score (nSPS) is 22.7. The fourth-order valence-corrected chi connectivity index (χ4v) is 21.2. The monoisotopic (exact) mass is 1430 g/mol. The summed E-state index contributed by atoms with van der Waals surface area (Å²) in [4.78, 5) is 0. The van der Waals surface area contributed by atoms with Gasteiger partial charge in [-0.15, -0.1) is 0 Å². The van der Waals surface area contributed by atoms with Crippen LogP contribution in [-0.2, 0) is 59.0 Å². The Labute approximate surface area is 573 Å². The van der Waals surface area contributed by atoms with Crippen molar-refractivity contribution in [3.8, 4) is 34.5 Å². The van der Waals surface area contributed by atoms with Crippen LogP contribution in [0.5, 0.6) is 34.5 Å². The van der Waals surface area contributed by atoms with Gasteiger partial charge in [0.15, 0.2) is 19.0 Å². The first-order valence-electron chi connectivity index (χ1n) is 28.9. The summed E-state index contributed by atoms with van der Waals surface area (Å²) < 4.78 is 50.4. The van der Waals surface area contributed by atoms with Crippen LogP contribution in [0.2, 0.25) is 0 Å². The molecule has 9 aromatic carbocycles. The first-order chi connectivity index (χ1) is 45.3. The average Bonchev–Trinajstić information content (AvgIpc) is 0.855. The molecular formula is C66H63N12O6P5S5. The Morgan fingerprint density at radius 2 is 0.372 bits per heavy atom. The Bertz CT molecular complexity index is 3870. The van der Waals surface area contributed by atoms with Crippen molar-refractivity contribution in [2.24, 2.45) is 30.6 Å². The fraction of sp³-hybridized carbons (Fsp3) is 0.0909. The van der Waals surface area contributed by atoms with Crippen LogP contribution in [0.25, 0.3) is 0 Å². The third-order valence-corrected chi connectivity index (χ3v) is 32.8. The Kier molecular flexibility index (Phi) is 21.2. The van der Waals surface area contributed by atoms with Gasteiger partial charge in [0.05, 0.1) is 37.3 Å². The van der Waals surface area contributed by atoms with Gasteiger partial charge in [-0.05, 0) is 214 Å². The predicted molar refractivity (Wildman–Crippen MR) is 404 cm³/mol. The van der Waals surface area contributed by atoms with Crippen LogP contribution in [-0.4, -0.2) is 108 Å². The van der Waals surface area contributed by atoms with E-state index in [0.29, 0.717) is 34.5 Å². The Morgan fingerprint density at radius 1 is 0.223 bits per heavy atom. The molecule has 9 aromatic rings. The molecule has 30 rings (SSSR count). The molecular weight excluding hydrogens is 1370 g/mol. The minimum absolute atomic E-state index is 0.399. The lowest BCUT2D eigenvalue weighted by Crippen LogP contribution is -2.27. The van der Waals surface area contributed by atoms with Gasteiger partial charge in [-0.2, -0.15) is 30.6 Å². The molecule has 0 unspecified atom stereocenters. The molecule has 0 amide bonds. The summed E-state index contributed by atoms with van der Waals surface area (Å²) in [6.07, 6.45) is 1.75. The summed E-state index contributed by atoms with van der Waals surface area (Å²) in [5.74, 6) is 2.40. The number of rotatable bonds is 3. The first-order valence-corrected chi connectivity index (χ1v) is 42.2. The van der Waals surface area contributed by atoms with E-state index < -0.39 is 32.5 Å². The van der Waals surface area contributed by atoms with E-state index in [1.165, 1.54) is 0 Å². The largest absolute Gasteiger partial charge is 0.490 e. The molecule has 94 heavy (non-hydrogen) atoms. The highest BCUT2D eigenvalue weighted by Crippen LogP contribution is 2.55. The summed E-state index contributed by atoms with van der Waals surface area (Å²) in [5, 5.41) is 32.2. The molecule has 21 aliphatic heterocycles. The minimum Gasteiger partial charge on any atom is -0.407 e. The van der Waals surface area contributed by atoms with E-state index in [9.17, 15) is 0 Å². The van der Waals surface area contributed by atoms with E-state index in [-0.39, 0.29) is 0 Å². The van der Waals surface area contributed by atoms with E-state index in [1.54, 1.807) is 139 Å². The maximum Gasteiger partial charge on any atom is 0.490 e. The minimum atomic E-state index is -3.72. The maximum absolute atomic E-state index is 6.61. The molecule has 21 aliphatic rings. The van der Waals surface area contributed by atoms with Gasteiger partial charge < -0.3 is 27.1 Å². The van der Waals surface area contributed by atoms with Crippen molar-refractivity contribution < 1.29 is 27.1 Å². The number of benzene rings is 9. The van der Waals surface area contributed by atoms with Crippen molar-refractivity contribution >= 4 is 145 Å². The number of hydrogen-bond donors (Lipinski definition) is 0. The molecule has 14 bridgehead atoms. The third kappa shape index (κ3) is 16.0. The Morgan fingerprint density at radius 3 is 0.521 bits per heavy atom. The highest BCUT2D eigenvalue weighted by molar-refractivity contribution is 8.16. The van der Waals surface area contributed by atoms with E-state index in [1.807, 2.05) is 206 Å². The van der Waals surface area contributed by atoms with Crippen LogP contribution in [0.1, 0.15) is 33.4 Å². The lowest BCUT2D eigenvalue weighted by atomic mass is 10.2. The van der Waals surface area contributed by atoms with Crippen LogP contribution in [0.3, 0.4) is 0 Å². The number of nitrogens with zero attached hydrogens (tertiary/aromatic N) is 12. The van der Waals surface area contributed by atoms with Gasteiger partial charge in [-0.1, -0.05) is 91.0 Å². The molecule has 0 radical (unpaired) electrons. The van der Waals surface area contributed by atoms with Crippen molar-refractivity contribution in [2.45, 2.75) is 0 Å². The topological polar surface area (TPSA) is 149 Å². The summed E-state index contributed by atoms with van der Waals surface area (Å²) >= 11 is 32.3. The lowest BCUT2D eigenvalue weighted by Gasteiger charge is -2.35. The van der Waals surface area contributed by atoms with Crippen LogP contribution < -0.4 is 43.1 Å². The van der Waals surface area contributed by atoms with E-state index >= 15 is 0 Å². The van der Waals surface area contributed by atoms with E-state index in [0.717, 1.165) is 49.3 Å². The van der Waals surface area contributed by atoms with Crippen LogP contribution in [0, 0.1) is 0 Å². The fourth-order valence-electron chi connectivity index (χ4n) is 9.33. The maximum atomic E-state index is 6.61. The highest BCUT2D eigenvalue weighted by Gasteiger charge is 2.34. The SMILES string of the molecule is CN1N=Cc2ccc(cc2)OP2(=S)Oc3ccc(cc3)C=NN(C)P(=S)(c3ccccc3)N(C)N=Cc3ccc(cc3)OP(=S)(Oc3ccc(cc3)C=NN(C)P1(=S)c1ccccc1)Oc1ccc(cc1)/C=N\N(C)P(=S)(c1ccccc1)N(C)/N=C\c1ccc(cc1)O2. The molecule has 0 saturated carbocycles. The van der Waals surface area contributed by atoms with Gasteiger partial charge in [0.2, 0.25) is 0 Å². The molecule has 18 nitrogen and oxygen atoms in total. The van der Waals surface area contributed by atoms with E-state index in [4.69, 9.17) is 117 Å². The van der Waals surface area contributed by atoms with Crippen molar-refractivity contribution in [1.29, 1.82) is 0 Å². The van der Waals surface area contributed by atoms with Crippen LogP contribution in [0.15, 0.2) is 267 Å². The van der Waals surface area contributed by atoms with Crippen LogP contribution in [0.4, 0.5) is 0 Å². The van der Waals surface area contributed by atoms with Crippen molar-refractivity contribution in [3.63, 3.8) is 0 Å². The molecule has 0 N–H and O–H groups in total. The number of hydrazone groups is 6. The molecule has 0 atom stereocenters. The summed E-state index contributed by atoms with van der Waals surface area (Å²) in [5.41, 5.74) is 4.52. The smallest absolute Gasteiger partial charge is 0.407 e.